The summed E-state index contributed by atoms with van der Waals surface area (Å²) in [6.07, 6.45) is 0.109. The summed E-state index contributed by atoms with van der Waals surface area (Å²) in [4.78, 5) is 0. The molecule has 0 unspecified atom stereocenters. The van der Waals surface area contributed by atoms with Crippen molar-refractivity contribution >= 4 is 21.3 Å². The van der Waals surface area contributed by atoms with Crippen molar-refractivity contribution in [3.05, 3.63) is 71.3 Å². The number of hydrogen-bond donors (Lipinski definition) is 0. The lowest BCUT2D eigenvalue weighted by Gasteiger charge is -2.40. The molecule has 1 atom stereocenters. The standard InChI is InChI=1S/C20H20F3NO2S/c1-5-19(16-9-7-6-8-10-16)15(4)17-11-13(2)14(3)12-18(17)24(19)27(25,26)20(21,22)23/h6-12H,4-5H2,1-3H3/t19-/m0/s1. The van der Waals surface area contributed by atoms with Gasteiger partial charge in [0, 0.05) is 5.56 Å². The Kier molecular flexibility index (Phi) is 4.42. The normalized spacial score (nSPS) is 20.1. The van der Waals surface area contributed by atoms with Gasteiger partial charge in [-0.05, 0) is 54.7 Å². The van der Waals surface area contributed by atoms with Gasteiger partial charge in [0.15, 0.2) is 0 Å². The molecule has 3 rings (SSSR count). The summed E-state index contributed by atoms with van der Waals surface area (Å²) in [5, 5.41) is 0. The zero-order valence-corrected chi connectivity index (χ0v) is 16.1. The number of fused-ring (bicyclic) bond motifs is 1. The molecule has 2 aromatic carbocycles. The van der Waals surface area contributed by atoms with Crippen molar-refractivity contribution < 1.29 is 21.6 Å². The van der Waals surface area contributed by atoms with E-state index in [0.717, 1.165) is 5.56 Å². The Balaban J connectivity index is 2.44. The van der Waals surface area contributed by atoms with Gasteiger partial charge in [-0.15, -0.1) is 0 Å². The third-order valence-electron chi connectivity index (χ3n) is 5.30. The molecule has 0 saturated heterocycles. The highest BCUT2D eigenvalue weighted by Crippen LogP contribution is 2.57. The average molecular weight is 395 g/mol. The Morgan fingerprint density at radius 2 is 1.63 bits per heavy atom. The molecule has 3 nitrogen and oxygen atoms in total. The zero-order chi connectivity index (χ0) is 20.2. The van der Waals surface area contributed by atoms with Gasteiger partial charge in [-0.25, -0.2) is 4.31 Å². The number of aryl methyl sites for hydroxylation is 2. The molecule has 7 heteroatoms. The molecule has 0 N–H and O–H groups in total. The molecule has 0 radical (unpaired) electrons. The molecule has 0 spiro atoms. The minimum atomic E-state index is -5.65. The highest BCUT2D eigenvalue weighted by Gasteiger charge is 2.60. The lowest BCUT2D eigenvalue weighted by molar-refractivity contribution is -0.0442. The SMILES string of the molecule is C=C1c2cc(C)c(C)cc2N(S(=O)(=O)C(F)(F)F)[C@]1(CC)c1ccccc1. The van der Waals surface area contributed by atoms with Crippen LogP contribution in [0, 0.1) is 13.8 Å². The lowest BCUT2D eigenvalue weighted by atomic mass is 9.81. The molecule has 0 aliphatic carbocycles. The summed E-state index contributed by atoms with van der Waals surface area (Å²) in [7, 11) is -5.65. The van der Waals surface area contributed by atoms with Crippen LogP contribution in [0.3, 0.4) is 0 Å². The Morgan fingerprint density at radius 1 is 1.07 bits per heavy atom. The maximum Gasteiger partial charge on any atom is 0.516 e. The van der Waals surface area contributed by atoms with Crippen LogP contribution in [0.1, 0.15) is 35.6 Å². The monoisotopic (exact) mass is 395 g/mol. The molecular weight excluding hydrogens is 375 g/mol. The van der Waals surface area contributed by atoms with Crippen LogP contribution in [0.2, 0.25) is 0 Å². The lowest BCUT2D eigenvalue weighted by Crippen LogP contribution is -2.51. The van der Waals surface area contributed by atoms with E-state index in [4.69, 9.17) is 0 Å². The van der Waals surface area contributed by atoms with E-state index >= 15 is 0 Å². The van der Waals surface area contributed by atoms with Gasteiger partial charge in [0.05, 0.1) is 5.69 Å². The van der Waals surface area contributed by atoms with Crippen molar-refractivity contribution in [2.24, 2.45) is 0 Å². The van der Waals surface area contributed by atoms with Crippen LogP contribution in [-0.2, 0) is 15.6 Å². The Labute approximate surface area is 157 Å². The molecule has 144 valence electrons. The number of hydrogen-bond acceptors (Lipinski definition) is 2. The first-order chi connectivity index (χ1) is 12.5. The van der Waals surface area contributed by atoms with Crippen molar-refractivity contribution in [3.63, 3.8) is 0 Å². The van der Waals surface area contributed by atoms with Gasteiger partial charge in [0.25, 0.3) is 0 Å². The number of rotatable bonds is 3. The van der Waals surface area contributed by atoms with Crippen LogP contribution in [0.5, 0.6) is 0 Å². The van der Waals surface area contributed by atoms with Gasteiger partial charge in [-0.3, -0.25) is 0 Å². The molecule has 1 aliphatic rings. The summed E-state index contributed by atoms with van der Waals surface area (Å²) in [6, 6.07) is 11.6. The van der Waals surface area contributed by atoms with E-state index < -0.39 is 21.1 Å². The molecule has 27 heavy (non-hydrogen) atoms. The minimum Gasteiger partial charge on any atom is -0.247 e. The molecule has 0 bridgehead atoms. The molecule has 0 aromatic heterocycles. The fraction of sp³-hybridized carbons (Fsp3) is 0.300. The molecule has 1 heterocycles. The van der Waals surface area contributed by atoms with E-state index in [1.807, 2.05) is 6.92 Å². The number of benzene rings is 2. The van der Waals surface area contributed by atoms with Crippen LogP contribution in [-0.4, -0.2) is 13.9 Å². The van der Waals surface area contributed by atoms with Crippen LogP contribution in [0.25, 0.3) is 5.57 Å². The first kappa shape index (κ1) is 19.5. The quantitative estimate of drug-likeness (QED) is 0.708. The van der Waals surface area contributed by atoms with E-state index in [1.165, 1.54) is 6.07 Å². The number of nitrogens with zero attached hydrogens (tertiary/aromatic N) is 1. The molecule has 0 amide bonds. The summed E-state index contributed by atoms with van der Waals surface area (Å²) < 4.78 is 66.7. The maximum atomic E-state index is 13.6. The predicted octanol–water partition coefficient (Wildman–Crippen LogP) is 5.29. The summed E-state index contributed by atoms with van der Waals surface area (Å²) in [5.74, 6) is 0. The van der Waals surface area contributed by atoms with Gasteiger partial charge >= 0.3 is 15.5 Å². The molecular formula is C20H20F3NO2S. The van der Waals surface area contributed by atoms with Gasteiger partial charge in [0.2, 0.25) is 0 Å². The number of halogens is 3. The van der Waals surface area contributed by atoms with E-state index in [0.29, 0.717) is 26.6 Å². The fourth-order valence-electron chi connectivity index (χ4n) is 3.77. The highest BCUT2D eigenvalue weighted by molar-refractivity contribution is 7.93. The Hall–Kier alpha value is -2.28. The van der Waals surface area contributed by atoms with E-state index in [2.05, 4.69) is 6.58 Å². The van der Waals surface area contributed by atoms with Crippen LogP contribution in [0.4, 0.5) is 18.9 Å². The molecule has 1 aliphatic heterocycles. The first-order valence-electron chi connectivity index (χ1n) is 8.46. The third-order valence-corrected chi connectivity index (χ3v) is 6.87. The van der Waals surface area contributed by atoms with E-state index in [1.54, 1.807) is 50.2 Å². The number of sulfonamides is 1. The highest BCUT2D eigenvalue weighted by atomic mass is 32.2. The Bertz CT molecular complexity index is 1010. The fourth-order valence-corrected chi connectivity index (χ4v) is 5.14. The second-order valence-electron chi connectivity index (χ2n) is 6.73. The summed E-state index contributed by atoms with van der Waals surface area (Å²) in [6.45, 7) is 9.28. The van der Waals surface area contributed by atoms with Crippen molar-refractivity contribution in [2.75, 3.05) is 4.31 Å². The third kappa shape index (κ3) is 2.59. The van der Waals surface area contributed by atoms with E-state index in [9.17, 15) is 21.6 Å². The van der Waals surface area contributed by atoms with Gasteiger partial charge < -0.3 is 0 Å². The van der Waals surface area contributed by atoms with Crippen molar-refractivity contribution in [2.45, 2.75) is 38.2 Å². The van der Waals surface area contributed by atoms with Crippen LogP contribution >= 0.6 is 0 Å². The van der Waals surface area contributed by atoms with Crippen LogP contribution < -0.4 is 4.31 Å². The minimum absolute atomic E-state index is 0.0196. The van der Waals surface area contributed by atoms with Gasteiger partial charge in [0.1, 0.15) is 5.54 Å². The largest absolute Gasteiger partial charge is 0.516 e. The topological polar surface area (TPSA) is 37.4 Å². The summed E-state index contributed by atoms with van der Waals surface area (Å²) >= 11 is 0. The Morgan fingerprint density at radius 3 is 2.15 bits per heavy atom. The predicted molar refractivity (Wildman–Crippen MR) is 101 cm³/mol. The van der Waals surface area contributed by atoms with Gasteiger partial charge in [-0.1, -0.05) is 43.8 Å². The molecule has 2 aromatic rings. The second kappa shape index (κ2) is 6.12. The van der Waals surface area contributed by atoms with Crippen molar-refractivity contribution in [3.8, 4) is 0 Å². The van der Waals surface area contributed by atoms with E-state index in [-0.39, 0.29) is 12.1 Å². The summed E-state index contributed by atoms with van der Waals surface area (Å²) in [5.41, 5.74) is -4.13. The molecule has 0 saturated carbocycles. The smallest absolute Gasteiger partial charge is 0.247 e. The number of anilines is 1. The average Bonchev–Trinajstić information content (AvgIpc) is 2.85. The van der Waals surface area contributed by atoms with Gasteiger partial charge in [-0.2, -0.15) is 21.6 Å². The zero-order valence-electron chi connectivity index (χ0n) is 15.3. The van der Waals surface area contributed by atoms with Crippen molar-refractivity contribution in [1.82, 2.24) is 0 Å². The van der Waals surface area contributed by atoms with Crippen molar-refractivity contribution in [1.29, 1.82) is 0 Å². The van der Waals surface area contributed by atoms with Crippen LogP contribution in [0.15, 0.2) is 49.0 Å². The number of alkyl halides is 3. The second-order valence-corrected chi connectivity index (χ2v) is 8.51. The molecule has 0 fully saturated rings. The maximum absolute atomic E-state index is 13.6. The first-order valence-corrected chi connectivity index (χ1v) is 9.90.